The van der Waals surface area contributed by atoms with E-state index in [1.807, 2.05) is 53.6 Å². The third kappa shape index (κ3) is 2.69. The molecule has 1 amide bonds. The second-order valence-corrected chi connectivity index (χ2v) is 7.97. The van der Waals surface area contributed by atoms with Crippen molar-refractivity contribution in [2.75, 3.05) is 5.75 Å². The zero-order valence-corrected chi connectivity index (χ0v) is 14.3. The van der Waals surface area contributed by atoms with Crippen molar-refractivity contribution in [1.82, 2.24) is 4.90 Å². The van der Waals surface area contributed by atoms with Crippen LogP contribution in [0.4, 0.5) is 0 Å². The molecule has 1 aliphatic heterocycles. The Morgan fingerprint density at radius 1 is 1.32 bits per heavy atom. The van der Waals surface area contributed by atoms with Gasteiger partial charge in [0.05, 0.1) is 12.3 Å². The highest BCUT2D eigenvalue weighted by atomic mass is 35.5. The Bertz CT molecular complexity index is 717. The first-order chi connectivity index (χ1) is 10.5. The maximum Gasteiger partial charge on any atom is 0.255 e. The molecule has 3 nitrogen and oxygen atoms in total. The van der Waals surface area contributed by atoms with Crippen LogP contribution in [0.15, 0.2) is 41.8 Å². The topological polar surface area (TPSA) is 37.4 Å². The smallest absolute Gasteiger partial charge is 0.255 e. The summed E-state index contributed by atoms with van der Waals surface area (Å²) in [5.41, 5.74) is 1.65. The van der Waals surface area contributed by atoms with E-state index in [0.29, 0.717) is 12.1 Å². The lowest BCUT2D eigenvalue weighted by atomic mass is 10.1. The van der Waals surface area contributed by atoms with E-state index in [1.165, 1.54) is 11.8 Å². The molecule has 1 unspecified atom stereocenters. The summed E-state index contributed by atoms with van der Waals surface area (Å²) in [4.78, 5) is 26.3. The van der Waals surface area contributed by atoms with Crippen molar-refractivity contribution in [3.8, 4) is 0 Å². The average molecular weight is 352 g/mol. The largest absolute Gasteiger partial charge is 0.315 e. The Morgan fingerprint density at radius 3 is 2.77 bits per heavy atom. The molecule has 0 aliphatic carbocycles. The first-order valence-electron chi connectivity index (χ1n) is 6.78. The number of hydrogen-bond acceptors (Lipinski definition) is 4. The summed E-state index contributed by atoms with van der Waals surface area (Å²) in [6, 6.07) is 11.6. The second-order valence-electron chi connectivity index (χ2n) is 5.14. The first-order valence-corrected chi connectivity index (χ1v) is 9.03. The van der Waals surface area contributed by atoms with Gasteiger partial charge in [0.15, 0.2) is 0 Å². The van der Waals surface area contributed by atoms with E-state index in [4.69, 9.17) is 11.6 Å². The predicted molar refractivity (Wildman–Crippen MR) is 91.3 cm³/mol. The van der Waals surface area contributed by atoms with Gasteiger partial charge in [-0.2, -0.15) is 0 Å². The number of carbonyl (C=O) groups excluding carboxylic acids is 2. The van der Waals surface area contributed by atoms with Crippen LogP contribution in [-0.4, -0.2) is 21.8 Å². The summed E-state index contributed by atoms with van der Waals surface area (Å²) >= 11 is 8.53. The van der Waals surface area contributed by atoms with E-state index < -0.39 is 10.1 Å². The van der Waals surface area contributed by atoms with Crippen molar-refractivity contribution < 1.29 is 9.59 Å². The summed E-state index contributed by atoms with van der Waals surface area (Å²) in [6.45, 7) is 2.51. The molecule has 3 rings (SSSR count). The number of rotatable bonds is 5. The van der Waals surface area contributed by atoms with Gasteiger partial charge in [0.25, 0.3) is 5.91 Å². The van der Waals surface area contributed by atoms with Gasteiger partial charge in [0.2, 0.25) is 5.24 Å². The Balaban J connectivity index is 1.99. The Hall–Kier alpha value is -1.30. The van der Waals surface area contributed by atoms with Crippen LogP contribution < -0.4 is 0 Å². The fraction of sp³-hybridized carbons (Fsp3) is 0.250. The molecule has 1 aromatic carbocycles. The summed E-state index contributed by atoms with van der Waals surface area (Å²) in [5, 5.41) is 1.59. The number of nitrogens with zero attached hydrogens (tertiary/aromatic N) is 1. The van der Waals surface area contributed by atoms with Crippen molar-refractivity contribution >= 4 is 45.8 Å². The fourth-order valence-corrected chi connectivity index (χ4v) is 4.58. The van der Waals surface area contributed by atoms with E-state index in [-0.39, 0.29) is 11.7 Å². The Labute approximate surface area is 142 Å². The number of fused-ring (bicyclic) bond motifs is 1. The predicted octanol–water partition coefficient (Wildman–Crippen LogP) is 4.08. The maximum absolute atomic E-state index is 12.8. The van der Waals surface area contributed by atoms with Crippen molar-refractivity contribution in [3.63, 3.8) is 0 Å². The van der Waals surface area contributed by atoms with Crippen LogP contribution in [0.1, 0.15) is 27.7 Å². The van der Waals surface area contributed by atoms with Crippen LogP contribution in [0.5, 0.6) is 0 Å². The fourth-order valence-electron chi connectivity index (χ4n) is 2.69. The number of benzene rings is 1. The van der Waals surface area contributed by atoms with E-state index in [2.05, 4.69) is 0 Å². The average Bonchev–Trinajstić information content (AvgIpc) is 3.08. The van der Waals surface area contributed by atoms with Crippen LogP contribution in [0, 0.1) is 0 Å². The minimum Gasteiger partial charge on any atom is -0.315 e. The minimum atomic E-state index is -0.581. The molecule has 0 saturated carbocycles. The van der Waals surface area contributed by atoms with Crippen LogP contribution in [0.2, 0.25) is 0 Å². The lowest BCUT2D eigenvalue weighted by Crippen LogP contribution is -2.38. The monoisotopic (exact) mass is 351 g/mol. The zero-order valence-electron chi connectivity index (χ0n) is 11.9. The second kappa shape index (κ2) is 6.07. The standard InChI is InChI=1S/C16H14ClNO2S2/c1-16(22-10-14(17)19)13-7-3-2-6-12(13)15(20)18(16)9-11-5-4-8-21-11/h2-8H,9-10H2,1H3. The molecule has 1 aliphatic rings. The molecule has 6 heteroatoms. The maximum atomic E-state index is 12.8. The molecule has 2 heterocycles. The van der Waals surface area contributed by atoms with Gasteiger partial charge in [0.1, 0.15) is 4.87 Å². The highest BCUT2D eigenvalue weighted by Gasteiger charge is 2.46. The molecule has 0 spiro atoms. The van der Waals surface area contributed by atoms with Crippen molar-refractivity contribution in [1.29, 1.82) is 0 Å². The summed E-state index contributed by atoms with van der Waals surface area (Å²) in [7, 11) is 0. The van der Waals surface area contributed by atoms with Gasteiger partial charge in [0, 0.05) is 16.0 Å². The lowest BCUT2D eigenvalue weighted by Gasteiger charge is -2.35. The highest BCUT2D eigenvalue weighted by molar-refractivity contribution is 8.01. The number of carbonyl (C=O) groups is 2. The van der Waals surface area contributed by atoms with E-state index in [9.17, 15) is 9.59 Å². The highest BCUT2D eigenvalue weighted by Crippen LogP contribution is 2.47. The SMILES string of the molecule is CC1(SCC(=O)Cl)c2ccccc2C(=O)N1Cc1cccs1. The van der Waals surface area contributed by atoms with Crippen LogP contribution in [0.3, 0.4) is 0 Å². The Morgan fingerprint density at radius 2 is 2.09 bits per heavy atom. The van der Waals surface area contributed by atoms with Gasteiger partial charge in [-0.1, -0.05) is 24.3 Å². The van der Waals surface area contributed by atoms with E-state index >= 15 is 0 Å². The van der Waals surface area contributed by atoms with Crippen LogP contribution in [0.25, 0.3) is 0 Å². The van der Waals surface area contributed by atoms with Gasteiger partial charge in [-0.3, -0.25) is 9.59 Å². The van der Waals surface area contributed by atoms with Crippen LogP contribution in [-0.2, 0) is 16.2 Å². The molecule has 1 aromatic heterocycles. The third-order valence-corrected chi connectivity index (χ3v) is 6.34. The number of halogens is 1. The third-order valence-electron chi connectivity index (χ3n) is 3.78. The van der Waals surface area contributed by atoms with E-state index in [1.54, 1.807) is 11.3 Å². The van der Waals surface area contributed by atoms with Gasteiger partial charge in [-0.15, -0.1) is 23.1 Å². The van der Waals surface area contributed by atoms with Crippen molar-refractivity contribution in [3.05, 3.63) is 57.8 Å². The van der Waals surface area contributed by atoms with Gasteiger partial charge < -0.3 is 4.90 Å². The molecule has 0 radical (unpaired) electrons. The quantitative estimate of drug-likeness (QED) is 0.762. The molecule has 0 bridgehead atoms. The molecule has 0 saturated heterocycles. The zero-order chi connectivity index (χ0) is 15.7. The van der Waals surface area contributed by atoms with Crippen molar-refractivity contribution in [2.24, 2.45) is 0 Å². The lowest BCUT2D eigenvalue weighted by molar-refractivity contribution is -0.109. The molecular formula is C16H14ClNO2S2. The van der Waals surface area contributed by atoms with E-state index in [0.717, 1.165) is 10.4 Å². The summed E-state index contributed by atoms with van der Waals surface area (Å²) in [6.07, 6.45) is 0. The minimum absolute atomic E-state index is 0.000946. The summed E-state index contributed by atoms with van der Waals surface area (Å²) in [5.74, 6) is 0.168. The number of amides is 1. The number of hydrogen-bond donors (Lipinski definition) is 0. The molecule has 1 atom stereocenters. The molecule has 0 N–H and O–H groups in total. The molecule has 0 fully saturated rings. The summed E-state index contributed by atoms with van der Waals surface area (Å²) < 4.78 is 0. The first kappa shape index (κ1) is 15.6. The van der Waals surface area contributed by atoms with Gasteiger partial charge >= 0.3 is 0 Å². The van der Waals surface area contributed by atoms with Crippen molar-refractivity contribution in [2.45, 2.75) is 18.3 Å². The normalized spacial score (nSPS) is 20.3. The molecular weight excluding hydrogens is 338 g/mol. The van der Waals surface area contributed by atoms with Gasteiger partial charge in [-0.25, -0.2) is 0 Å². The van der Waals surface area contributed by atoms with Gasteiger partial charge in [-0.05, 0) is 36.0 Å². The number of thioether (sulfide) groups is 1. The molecule has 2 aromatic rings. The van der Waals surface area contributed by atoms with Crippen LogP contribution >= 0.6 is 34.7 Å². The number of thiophene rings is 1. The Kier molecular flexibility index (Phi) is 4.30. The molecule has 22 heavy (non-hydrogen) atoms. The molecule has 114 valence electrons.